The van der Waals surface area contributed by atoms with Crippen LogP contribution in [-0.4, -0.2) is 40.9 Å². The van der Waals surface area contributed by atoms with Gasteiger partial charge in [0, 0.05) is 36.7 Å². The molecule has 0 saturated carbocycles. The number of aromatic nitrogens is 1. The Bertz CT molecular complexity index is 904. The minimum absolute atomic E-state index is 0.186. The number of carbonyl (C=O) groups excluding carboxylic acids is 3. The molecule has 2 aromatic rings. The summed E-state index contributed by atoms with van der Waals surface area (Å²) >= 11 is 0. The van der Waals surface area contributed by atoms with Gasteiger partial charge in [-0.25, -0.2) is 0 Å². The lowest BCUT2D eigenvalue weighted by Crippen LogP contribution is -2.52. The Kier molecular flexibility index (Phi) is 4.04. The van der Waals surface area contributed by atoms with Gasteiger partial charge >= 0.3 is 0 Å². The molecular formula is C18H18N4O4. The molecule has 8 nitrogen and oxygen atoms in total. The molecule has 2 aliphatic rings. The summed E-state index contributed by atoms with van der Waals surface area (Å²) in [6.45, 7) is 0.946. The molecule has 2 aliphatic heterocycles. The first-order chi connectivity index (χ1) is 12.6. The van der Waals surface area contributed by atoms with Crippen LogP contribution in [0.5, 0.6) is 0 Å². The Hall–Kier alpha value is -3.00. The third kappa shape index (κ3) is 2.78. The lowest BCUT2D eigenvalue weighted by molar-refractivity contribution is -0.136. The van der Waals surface area contributed by atoms with Crippen LogP contribution < -0.4 is 10.6 Å². The number of carbonyl (C=O) groups is 3. The van der Waals surface area contributed by atoms with Crippen molar-refractivity contribution in [1.29, 1.82) is 0 Å². The highest BCUT2D eigenvalue weighted by Crippen LogP contribution is 2.31. The van der Waals surface area contributed by atoms with Gasteiger partial charge in [-0.15, -0.1) is 0 Å². The Morgan fingerprint density at radius 3 is 2.92 bits per heavy atom. The first kappa shape index (κ1) is 16.5. The molecule has 8 heteroatoms. The summed E-state index contributed by atoms with van der Waals surface area (Å²) in [6.07, 6.45) is 0.598. The quantitative estimate of drug-likeness (QED) is 0.788. The Labute approximate surface area is 149 Å². The fourth-order valence-electron chi connectivity index (χ4n) is 3.44. The average Bonchev–Trinajstić information content (AvgIpc) is 3.20. The van der Waals surface area contributed by atoms with Gasteiger partial charge < -0.3 is 14.7 Å². The normalized spacial score (nSPS) is 19.7. The van der Waals surface area contributed by atoms with E-state index in [0.29, 0.717) is 30.8 Å². The summed E-state index contributed by atoms with van der Waals surface area (Å²) in [4.78, 5) is 37.6. The highest BCUT2D eigenvalue weighted by Gasteiger charge is 2.39. The van der Waals surface area contributed by atoms with Gasteiger partial charge in [-0.05, 0) is 31.2 Å². The van der Waals surface area contributed by atoms with E-state index in [1.807, 2.05) is 25.2 Å². The lowest BCUT2D eigenvalue weighted by atomic mass is 10.0. The van der Waals surface area contributed by atoms with E-state index < -0.39 is 11.9 Å². The fourth-order valence-corrected chi connectivity index (χ4v) is 3.44. The second-order valence-electron chi connectivity index (χ2n) is 6.48. The van der Waals surface area contributed by atoms with E-state index in [1.165, 1.54) is 4.90 Å². The topological polar surface area (TPSA) is 105 Å². The maximum atomic E-state index is 12.7. The lowest BCUT2D eigenvalue weighted by Gasteiger charge is -2.29. The number of piperidine rings is 1. The number of nitrogens with zero attached hydrogens (tertiary/aromatic N) is 2. The molecular weight excluding hydrogens is 336 g/mol. The van der Waals surface area contributed by atoms with Gasteiger partial charge in [-0.1, -0.05) is 11.2 Å². The van der Waals surface area contributed by atoms with Gasteiger partial charge in [0.2, 0.25) is 11.8 Å². The van der Waals surface area contributed by atoms with Crippen LogP contribution in [0.25, 0.3) is 11.3 Å². The number of hydrogen-bond acceptors (Lipinski definition) is 6. The molecule has 1 aromatic heterocycles. The van der Waals surface area contributed by atoms with Gasteiger partial charge in [-0.3, -0.25) is 19.7 Å². The van der Waals surface area contributed by atoms with Crippen molar-refractivity contribution in [1.82, 2.24) is 20.7 Å². The molecule has 1 fully saturated rings. The third-order valence-corrected chi connectivity index (χ3v) is 4.72. The first-order valence-corrected chi connectivity index (χ1v) is 8.45. The molecule has 0 radical (unpaired) electrons. The predicted molar refractivity (Wildman–Crippen MR) is 90.7 cm³/mol. The van der Waals surface area contributed by atoms with E-state index in [0.717, 1.165) is 16.8 Å². The summed E-state index contributed by atoms with van der Waals surface area (Å²) < 4.78 is 5.37. The predicted octanol–water partition coefficient (Wildman–Crippen LogP) is 0.822. The van der Waals surface area contributed by atoms with Gasteiger partial charge in [0.05, 0.1) is 5.69 Å². The van der Waals surface area contributed by atoms with Crippen molar-refractivity contribution in [3.8, 4) is 11.3 Å². The van der Waals surface area contributed by atoms with Crippen LogP contribution in [0, 0.1) is 0 Å². The van der Waals surface area contributed by atoms with Crippen molar-refractivity contribution >= 4 is 17.7 Å². The number of imide groups is 1. The molecule has 1 unspecified atom stereocenters. The first-order valence-electron chi connectivity index (χ1n) is 8.45. The molecule has 134 valence electrons. The van der Waals surface area contributed by atoms with Crippen LogP contribution in [0.2, 0.25) is 0 Å². The Balaban J connectivity index is 1.58. The van der Waals surface area contributed by atoms with Crippen molar-refractivity contribution < 1.29 is 18.9 Å². The highest BCUT2D eigenvalue weighted by atomic mass is 16.5. The zero-order valence-corrected chi connectivity index (χ0v) is 14.2. The number of hydrogen-bond donors (Lipinski definition) is 2. The number of fused-ring (bicyclic) bond motifs is 1. The monoisotopic (exact) mass is 354 g/mol. The summed E-state index contributed by atoms with van der Waals surface area (Å²) in [7, 11) is 1.83. The van der Waals surface area contributed by atoms with E-state index in [-0.39, 0.29) is 18.2 Å². The van der Waals surface area contributed by atoms with Crippen molar-refractivity contribution in [2.24, 2.45) is 0 Å². The van der Waals surface area contributed by atoms with Gasteiger partial charge in [0.15, 0.2) is 5.76 Å². The van der Waals surface area contributed by atoms with E-state index in [2.05, 4.69) is 15.8 Å². The smallest absolute Gasteiger partial charge is 0.255 e. The molecule has 1 atom stereocenters. The molecule has 0 spiro atoms. The maximum Gasteiger partial charge on any atom is 0.255 e. The van der Waals surface area contributed by atoms with Crippen LogP contribution in [0.15, 0.2) is 28.8 Å². The SMILES string of the molecule is CNCc1cc(-c2ccc3c(c2)CN(C2CCC(=O)NC2=O)C3=O)on1. The van der Waals surface area contributed by atoms with Gasteiger partial charge in [0.25, 0.3) is 5.91 Å². The third-order valence-electron chi connectivity index (χ3n) is 4.72. The van der Waals surface area contributed by atoms with Crippen LogP contribution >= 0.6 is 0 Å². The molecule has 2 N–H and O–H groups in total. The minimum Gasteiger partial charge on any atom is -0.356 e. The maximum absolute atomic E-state index is 12.7. The fraction of sp³-hybridized carbons (Fsp3) is 0.333. The van der Waals surface area contributed by atoms with Crippen LogP contribution in [0.4, 0.5) is 0 Å². The molecule has 3 heterocycles. The minimum atomic E-state index is -0.608. The van der Waals surface area contributed by atoms with Crippen molar-refractivity contribution in [2.75, 3.05) is 7.05 Å². The van der Waals surface area contributed by atoms with E-state index in [4.69, 9.17) is 4.52 Å². The largest absolute Gasteiger partial charge is 0.356 e. The second kappa shape index (κ2) is 6.38. The summed E-state index contributed by atoms with van der Waals surface area (Å²) in [5.41, 5.74) is 3.04. The van der Waals surface area contributed by atoms with Crippen LogP contribution in [-0.2, 0) is 22.7 Å². The number of benzene rings is 1. The number of nitrogens with one attached hydrogen (secondary N) is 2. The summed E-state index contributed by atoms with van der Waals surface area (Å²) in [5, 5.41) is 9.31. The Morgan fingerprint density at radius 1 is 1.31 bits per heavy atom. The van der Waals surface area contributed by atoms with Gasteiger partial charge in [0.1, 0.15) is 6.04 Å². The number of amides is 3. The highest BCUT2D eigenvalue weighted by molar-refractivity contribution is 6.05. The van der Waals surface area contributed by atoms with Crippen molar-refractivity contribution in [3.63, 3.8) is 0 Å². The van der Waals surface area contributed by atoms with E-state index >= 15 is 0 Å². The molecule has 0 bridgehead atoms. The molecule has 3 amide bonds. The van der Waals surface area contributed by atoms with E-state index in [1.54, 1.807) is 6.07 Å². The van der Waals surface area contributed by atoms with E-state index in [9.17, 15) is 14.4 Å². The molecule has 0 aliphatic carbocycles. The van der Waals surface area contributed by atoms with Crippen LogP contribution in [0.1, 0.15) is 34.5 Å². The standard InChI is InChI=1S/C18H18N4O4/c1-19-8-12-7-15(26-21-12)10-2-3-13-11(6-10)9-22(18(13)25)14-4-5-16(23)20-17(14)24/h2-3,6-7,14,19H,4-5,8-9H2,1H3,(H,20,23,24). The summed E-state index contributed by atoms with van der Waals surface area (Å²) in [5.74, 6) is -0.255. The van der Waals surface area contributed by atoms with Gasteiger partial charge in [-0.2, -0.15) is 0 Å². The second-order valence-corrected chi connectivity index (χ2v) is 6.48. The van der Waals surface area contributed by atoms with Crippen molar-refractivity contribution in [3.05, 3.63) is 41.1 Å². The van der Waals surface area contributed by atoms with Crippen molar-refractivity contribution in [2.45, 2.75) is 32.0 Å². The van der Waals surface area contributed by atoms with Crippen LogP contribution in [0.3, 0.4) is 0 Å². The molecule has 4 rings (SSSR count). The zero-order chi connectivity index (χ0) is 18.3. The number of rotatable bonds is 4. The molecule has 1 aromatic carbocycles. The average molecular weight is 354 g/mol. The molecule has 26 heavy (non-hydrogen) atoms. The molecule has 1 saturated heterocycles. The summed E-state index contributed by atoms with van der Waals surface area (Å²) in [6, 6.07) is 6.70. The zero-order valence-electron chi connectivity index (χ0n) is 14.2. The Morgan fingerprint density at radius 2 is 2.15 bits per heavy atom.